The molecule has 3 aromatic rings. The molecule has 27 heavy (non-hydrogen) atoms. The van der Waals surface area contributed by atoms with E-state index in [2.05, 4.69) is 19.2 Å². The molecular formula is C20H22N2O3S2. The van der Waals surface area contributed by atoms with Gasteiger partial charge in [0.1, 0.15) is 0 Å². The molecule has 0 atom stereocenters. The van der Waals surface area contributed by atoms with Crippen LogP contribution in [0, 0.1) is 0 Å². The largest absolute Gasteiger partial charge is 0.321 e. The molecule has 0 radical (unpaired) electrons. The minimum Gasteiger partial charge on any atom is -0.321 e. The number of nitrogens with zero attached hydrogens (tertiary/aromatic N) is 1. The van der Waals surface area contributed by atoms with Crippen LogP contribution in [0.15, 0.2) is 48.5 Å². The maximum Gasteiger partial charge on any atom is 0.265 e. The van der Waals surface area contributed by atoms with Crippen LogP contribution in [0.25, 0.3) is 10.1 Å². The molecule has 0 bridgehead atoms. The van der Waals surface area contributed by atoms with E-state index in [1.54, 1.807) is 18.2 Å². The zero-order valence-electron chi connectivity index (χ0n) is 15.7. The molecule has 142 valence electrons. The van der Waals surface area contributed by atoms with Crippen LogP contribution in [0.3, 0.4) is 0 Å². The molecular weight excluding hydrogens is 380 g/mol. The number of anilines is 2. The van der Waals surface area contributed by atoms with Crippen molar-refractivity contribution in [1.82, 2.24) is 0 Å². The summed E-state index contributed by atoms with van der Waals surface area (Å²) in [6.07, 6.45) is 1.16. The van der Waals surface area contributed by atoms with E-state index in [0.29, 0.717) is 16.5 Å². The van der Waals surface area contributed by atoms with E-state index in [-0.39, 0.29) is 5.91 Å². The van der Waals surface area contributed by atoms with Crippen molar-refractivity contribution in [1.29, 1.82) is 0 Å². The van der Waals surface area contributed by atoms with Gasteiger partial charge < -0.3 is 5.32 Å². The molecule has 1 N–H and O–H groups in total. The van der Waals surface area contributed by atoms with Gasteiger partial charge in [-0.1, -0.05) is 26.0 Å². The standard InChI is InChI=1S/C20H22N2O3S2/c1-13(2)14-5-7-16(8-6-14)21-20(23)19-12-15-11-17(9-10-18(15)26-19)22(3)27(4,24)25/h5-13H,1-4H3,(H,21,23). The van der Waals surface area contributed by atoms with Gasteiger partial charge in [0, 0.05) is 17.4 Å². The van der Waals surface area contributed by atoms with Gasteiger partial charge in [0.2, 0.25) is 10.0 Å². The number of sulfonamides is 1. The van der Waals surface area contributed by atoms with E-state index in [1.165, 1.54) is 28.3 Å². The lowest BCUT2D eigenvalue weighted by molar-refractivity contribution is 0.103. The minimum absolute atomic E-state index is 0.175. The number of thiophene rings is 1. The summed E-state index contributed by atoms with van der Waals surface area (Å²) in [6.45, 7) is 4.25. The molecule has 0 unspecified atom stereocenters. The van der Waals surface area contributed by atoms with Gasteiger partial charge in [-0.15, -0.1) is 11.3 Å². The molecule has 3 rings (SSSR count). The number of rotatable bonds is 5. The summed E-state index contributed by atoms with van der Waals surface area (Å²) in [5.41, 5.74) is 2.54. The first-order chi connectivity index (χ1) is 12.6. The topological polar surface area (TPSA) is 66.5 Å². The monoisotopic (exact) mass is 402 g/mol. The molecule has 0 spiro atoms. The van der Waals surface area contributed by atoms with Crippen molar-refractivity contribution in [3.63, 3.8) is 0 Å². The molecule has 1 heterocycles. The van der Waals surface area contributed by atoms with Gasteiger partial charge in [0.25, 0.3) is 5.91 Å². The second-order valence-electron chi connectivity index (χ2n) is 6.79. The first-order valence-electron chi connectivity index (χ1n) is 8.54. The summed E-state index contributed by atoms with van der Waals surface area (Å²) >= 11 is 1.38. The van der Waals surface area contributed by atoms with E-state index in [1.807, 2.05) is 30.3 Å². The normalized spacial score (nSPS) is 11.7. The Morgan fingerprint density at radius 1 is 1.07 bits per heavy atom. The smallest absolute Gasteiger partial charge is 0.265 e. The number of amides is 1. The fourth-order valence-corrected chi connectivity index (χ4v) is 4.11. The molecule has 0 aliphatic heterocycles. The van der Waals surface area contributed by atoms with Crippen molar-refractivity contribution in [2.75, 3.05) is 22.9 Å². The van der Waals surface area contributed by atoms with Crippen molar-refractivity contribution in [2.24, 2.45) is 0 Å². The van der Waals surface area contributed by atoms with E-state index >= 15 is 0 Å². The summed E-state index contributed by atoms with van der Waals surface area (Å²) in [4.78, 5) is 13.2. The van der Waals surface area contributed by atoms with E-state index in [4.69, 9.17) is 0 Å². The lowest BCUT2D eigenvalue weighted by atomic mass is 10.0. The van der Waals surface area contributed by atoms with Crippen LogP contribution in [0.4, 0.5) is 11.4 Å². The molecule has 0 aliphatic rings. The Kier molecular flexibility index (Phi) is 5.26. The summed E-state index contributed by atoms with van der Waals surface area (Å²) in [5, 5.41) is 3.75. The third kappa shape index (κ3) is 4.31. The maximum absolute atomic E-state index is 12.6. The number of nitrogens with one attached hydrogen (secondary N) is 1. The van der Waals surface area contributed by atoms with Crippen LogP contribution in [-0.2, 0) is 10.0 Å². The summed E-state index contributed by atoms with van der Waals surface area (Å²) < 4.78 is 25.6. The molecule has 7 heteroatoms. The third-order valence-corrected chi connectivity index (χ3v) is 6.74. The van der Waals surface area contributed by atoms with Crippen LogP contribution >= 0.6 is 11.3 Å². The van der Waals surface area contributed by atoms with Crippen molar-refractivity contribution < 1.29 is 13.2 Å². The number of carbonyl (C=O) groups is 1. The molecule has 0 aliphatic carbocycles. The van der Waals surface area contributed by atoms with Crippen LogP contribution in [0.5, 0.6) is 0 Å². The van der Waals surface area contributed by atoms with Gasteiger partial charge >= 0.3 is 0 Å². The van der Waals surface area contributed by atoms with Gasteiger partial charge in [0.15, 0.2) is 0 Å². The fraction of sp³-hybridized carbons (Fsp3) is 0.250. The van der Waals surface area contributed by atoms with E-state index in [9.17, 15) is 13.2 Å². The molecule has 0 fully saturated rings. The molecule has 0 saturated carbocycles. The van der Waals surface area contributed by atoms with Crippen LogP contribution < -0.4 is 9.62 Å². The fourth-order valence-electron chi connectivity index (χ4n) is 2.67. The number of benzene rings is 2. The number of hydrogen-bond donors (Lipinski definition) is 1. The minimum atomic E-state index is -3.33. The van der Waals surface area contributed by atoms with Crippen molar-refractivity contribution in [3.05, 3.63) is 59.0 Å². The second kappa shape index (κ2) is 7.32. The highest BCUT2D eigenvalue weighted by Crippen LogP contribution is 2.30. The van der Waals surface area contributed by atoms with Gasteiger partial charge in [-0.05, 0) is 53.3 Å². The first kappa shape index (κ1) is 19.4. The SMILES string of the molecule is CC(C)c1ccc(NC(=O)c2cc3cc(N(C)S(C)(=O)=O)ccc3s2)cc1. The zero-order chi connectivity index (χ0) is 19.8. The molecule has 5 nitrogen and oxygen atoms in total. The van der Waals surface area contributed by atoms with Crippen LogP contribution in [0.2, 0.25) is 0 Å². The van der Waals surface area contributed by atoms with Gasteiger partial charge in [-0.3, -0.25) is 9.10 Å². The lowest BCUT2D eigenvalue weighted by Gasteiger charge is -2.16. The Bertz CT molecular complexity index is 1080. The summed E-state index contributed by atoms with van der Waals surface area (Å²) in [5.74, 6) is 0.267. The predicted molar refractivity (Wildman–Crippen MR) is 114 cm³/mol. The Morgan fingerprint density at radius 2 is 1.74 bits per heavy atom. The zero-order valence-corrected chi connectivity index (χ0v) is 17.3. The number of hydrogen-bond acceptors (Lipinski definition) is 4. The molecule has 1 amide bonds. The van der Waals surface area contributed by atoms with E-state index in [0.717, 1.165) is 22.0 Å². The maximum atomic E-state index is 12.6. The number of carbonyl (C=O) groups excluding carboxylic acids is 1. The molecule has 1 aromatic heterocycles. The highest BCUT2D eigenvalue weighted by molar-refractivity contribution is 7.92. The lowest BCUT2D eigenvalue weighted by Crippen LogP contribution is -2.24. The highest BCUT2D eigenvalue weighted by Gasteiger charge is 2.15. The predicted octanol–water partition coefficient (Wildman–Crippen LogP) is 4.67. The van der Waals surface area contributed by atoms with Crippen molar-refractivity contribution in [3.8, 4) is 0 Å². The first-order valence-corrected chi connectivity index (χ1v) is 11.2. The van der Waals surface area contributed by atoms with Gasteiger partial charge in [-0.25, -0.2) is 8.42 Å². The summed E-state index contributed by atoms with van der Waals surface area (Å²) in [6, 6.07) is 15.0. The average molecular weight is 403 g/mol. The summed E-state index contributed by atoms with van der Waals surface area (Å²) in [7, 11) is -1.82. The average Bonchev–Trinajstić information content (AvgIpc) is 3.04. The van der Waals surface area contributed by atoms with Crippen LogP contribution in [0.1, 0.15) is 35.0 Å². The van der Waals surface area contributed by atoms with Crippen molar-refractivity contribution >= 4 is 48.7 Å². The van der Waals surface area contributed by atoms with E-state index < -0.39 is 10.0 Å². The van der Waals surface area contributed by atoms with Crippen molar-refractivity contribution in [2.45, 2.75) is 19.8 Å². The second-order valence-corrected chi connectivity index (χ2v) is 9.89. The molecule has 0 saturated heterocycles. The third-order valence-electron chi connectivity index (χ3n) is 4.42. The Balaban J connectivity index is 1.83. The Morgan fingerprint density at radius 3 is 2.33 bits per heavy atom. The van der Waals surface area contributed by atoms with Crippen LogP contribution in [-0.4, -0.2) is 27.6 Å². The van der Waals surface area contributed by atoms with Gasteiger partial charge in [0.05, 0.1) is 16.8 Å². The Hall–Kier alpha value is -2.38. The highest BCUT2D eigenvalue weighted by atomic mass is 32.2. The molecule has 2 aromatic carbocycles. The quantitative estimate of drug-likeness (QED) is 0.674. The number of fused-ring (bicyclic) bond motifs is 1. The van der Waals surface area contributed by atoms with Gasteiger partial charge in [-0.2, -0.15) is 0 Å². The Labute approximate surface area is 163 Å².